The molecule has 3 heterocycles. The van der Waals surface area contributed by atoms with Crippen LogP contribution in [0.1, 0.15) is 6.42 Å². The fraction of sp³-hybridized carbons (Fsp3) is 0.211. The Labute approximate surface area is 155 Å². The summed E-state index contributed by atoms with van der Waals surface area (Å²) in [5.74, 6) is 0.641. The lowest BCUT2D eigenvalue weighted by molar-refractivity contribution is 0.198. The minimum atomic E-state index is -0.443. The average Bonchev–Trinajstić information content (AvgIpc) is 3.08. The molecule has 0 unspecified atom stereocenters. The van der Waals surface area contributed by atoms with Crippen LogP contribution in [-0.4, -0.2) is 39.3 Å². The van der Waals surface area contributed by atoms with Crippen LogP contribution in [0.2, 0.25) is 5.02 Å². The van der Waals surface area contributed by atoms with Crippen molar-refractivity contribution in [2.45, 2.75) is 12.5 Å². The second-order valence-corrected chi connectivity index (χ2v) is 6.66. The molecular weight excluding hydrogens is 355 g/mol. The fourth-order valence-electron chi connectivity index (χ4n) is 2.98. The molecule has 0 spiro atoms. The lowest BCUT2D eigenvalue weighted by Crippen LogP contribution is -2.22. The quantitative estimate of drug-likeness (QED) is 0.763. The van der Waals surface area contributed by atoms with Gasteiger partial charge in [0.15, 0.2) is 5.82 Å². The molecule has 2 aromatic heterocycles. The van der Waals surface area contributed by atoms with E-state index in [9.17, 15) is 9.50 Å². The maximum absolute atomic E-state index is 13.6. The summed E-state index contributed by atoms with van der Waals surface area (Å²) in [4.78, 5) is 15.1. The molecule has 1 aliphatic heterocycles. The highest BCUT2D eigenvalue weighted by Crippen LogP contribution is 2.28. The summed E-state index contributed by atoms with van der Waals surface area (Å²) in [6, 6.07) is 10.6. The Kier molecular flexibility index (Phi) is 4.53. The lowest BCUT2D eigenvalue weighted by Gasteiger charge is -2.18. The Hall–Kier alpha value is -2.57. The largest absolute Gasteiger partial charge is 0.391 e. The second-order valence-electron chi connectivity index (χ2n) is 6.22. The van der Waals surface area contributed by atoms with Gasteiger partial charge in [0.25, 0.3) is 0 Å². The number of aromatic nitrogens is 3. The van der Waals surface area contributed by atoms with Gasteiger partial charge in [-0.1, -0.05) is 23.7 Å². The zero-order valence-electron chi connectivity index (χ0n) is 13.8. The monoisotopic (exact) mass is 370 g/mol. The van der Waals surface area contributed by atoms with Gasteiger partial charge >= 0.3 is 0 Å². The first-order valence-electron chi connectivity index (χ1n) is 8.27. The van der Waals surface area contributed by atoms with Gasteiger partial charge in [-0.3, -0.25) is 4.98 Å². The minimum Gasteiger partial charge on any atom is -0.391 e. The first-order chi connectivity index (χ1) is 12.6. The van der Waals surface area contributed by atoms with Gasteiger partial charge in [-0.25, -0.2) is 14.4 Å². The standard InChI is InChI=1S/C19H16ClFN4O/c20-14-3-1-12(2-4-14)17-8-18(25-6-5-16(26)11-25)24-19(23-17)13-7-15(21)10-22-9-13/h1-4,7-10,16,26H,5-6,11H2/t16-/m0/s1. The molecular formula is C19H16ClFN4O. The van der Waals surface area contributed by atoms with E-state index in [-0.39, 0.29) is 6.10 Å². The molecule has 1 aliphatic rings. The molecule has 1 saturated heterocycles. The zero-order valence-corrected chi connectivity index (χ0v) is 14.6. The van der Waals surface area contributed by atoms with E-state index in [2.05, 4.69) is 15.0 Å². The van der Waals surface area contributed by atoms with E-state index in [1.54, 1.807) is 12.1 Å². The number of aliphatic hydroxyl groups is 1. The summed E-state index contributed by atoms with van der Waals surface area (Å²) in [7, 11) is 0. The van der Waals surface area contributed by atoms with E-state index in [1.165, 1.54) is 12.3 Å². The van der Waals surface area contributed by atoms with Crippen molar-refractivity contribution in [2.24, 2.45) is 0 Å². The van der Waals surface area contributed by atoms with E-state index in [0.29, 0.717) is 47.4 Å². The summed E-state index contributed by atoms with van der Waals surface area (Å²) >= 11 is 5.98. The van der Waals surface area contributed by atoms with Gasteiger partial charge in [0.05, 0.1) is 18.0 Å². The number of pyridine rings is 1. The van der Waals surface area contributed by atoms with Gasteiger partial charge in [0.2, 0.25) is 0 Å². The molecule has 0 aliphatic carbocycles. The number of benzene rings is 1. The molecule has 132 valence electrons. The normalized spacial score (nSPS) is 16.9. The maximum atomic E-state index is 13.6. The number of hydrogen-bond acceptors (Lipinski definition) is 5. The lowest BCUT2D eigenvalue weighted by atomic mass is 10.1. The van der Waals surface area contributed by atoms with Gasteiger partial charge in [-0.15, -0.1) is 0 Å². The third kappa shape index (κ3) is 3.52. The molecule has 3 aromatic rings. The summed E-state index contributed by atoms with van der Waals surface area (Å²) in [6.07, 6.45) is 3.00. The molecule has 1 fully saturated rings. The van der Waals surface area contributed by atoms with Crippen LogP contribution in [0.15, 0.2) is 48.8 Å². The van der Waals surface area contributed by atoms with Gasteiger partial charge in [-0.05, 0) is 24.6 Å². The molecule has 0 saturated carbocycles. The molecule has 1 aromatic carbocycles. The van der Waals surface area contributed by atoms with E-state index in [4.69, 9.17) is 11.6 Å². The smallest absolute Gasteiger partial charge is 0.163 e. The number of rotatable bonds is 3. The Balaban J connectivity index is 1.82. The fourth-order valence-corrected chi connectivity index (χ4v) is 3.10. The molecule has 0 bridgehead atoms. The predicted octanol–water partition coefficient (Wildman–Crippen LogP) is 3.57. The second kappa shape index (κ2) is 6.97. The zero-order chi connectivity index (χ0) is 18.1. The van der Waals surface area contributed by atoms with Crippen LogP contribution in [0, 0.1) is 5.82 Å². The highest BCUT2D eigenvalue weighted by molar-refractivity contribution is 6.30. The summed E-state index contributed by atoms with van der Waals surface area (Å²) in [5.41, 5.74) is 2.08. The van der Waals surface area contributed by atoms with Crippen LogP contribution < -0.4 is 4.90 Å². The van der Waals surface area contributed by atoms with Crippen LogP contribution in [0.25, 0.3) is 22.6 Å². The highest BCUT2D eigenvalue weighted by atomic mass is 35.5. The van der Waals surface area contributed by atoms with Gasteiger partial charge in [0.1, 0.15) is 11.6 Å². The van der Waals surface area contributed by atoms with Crippen LogP contribution in [0.3, 0.4) is 0 Å². The SMILES string of the molecule is O[C@H]1CCN(c2cc(-c3ccc(Cl)cc3)nc(-c3cncc(F)c3)n2)C1. The summed E-state index contributed by atoms with van der Waals surface area (Å²) in [6.45, 7) is 1.22. The van der Waals surface area contributed by atoms with Crippen molar-refractivity contribution in [2.75, 3.05) is 18.0 Å². The summed E-state index contributed by atoms with van der Waals surface area (Å²) < 4.78 is 13.6. The van der Waals surface area contributed by atoms with Crippen molar-refractivity contribution in [3.8, 4) is 22.6 Å². The van der Waals surface area contributed by atoms with Gasteiger partial charge < -0.3 is 10.0 Å². The Morgan fingerprint density at radius 3 is 2.58 bits per heavy atom. The number of hydrogen-bond donors (Lipinski definition) is 1. The number of aliphatic hydroxyl groups excluding tert-OH is 1. The van der Waals surface area contributed by atoms with Crippen LogP contribution >= 0.6 is 11.6 Å². The molecule has 1 N–H and O–H groups in total. The van der Waals surface area contributed by atoms with Crippen LogP contribution in [0.4, 0.5) is 10.2 Å². The van der Waals surface area contributed by atoms with E-state index < -0.39 is 5.82 Å². The average molecular weight is 371 g/mol. The third-order valence-electron chi connectivity index (χ3n) is 4.30. The topological polar surface area (TPSA) is 62.1 Å². The number of β-amino-alcohol motifs (C(OH)–C–C–N with tert-alkyl or cyclic N) is 1. The molecule has 4 rings (SSSR count). The maximum Gasteiger partial charge on any atom is 0.163 e. The minimum absolute atomic E-state index is 0.372. The van der Waals surface area contributed by atoms with Crippen molar-refractivity contribution in [3.63, 3.8) is 0 Å². The Morgan fingerprint density at radius 1 is 1.08 bits per heavy atom. The molecule has 26 heavy (non-hydrogen) atoms. The van der Waals surface area contributed by atoms with Crippen molar-refractivity contribution in [3.05, 3.63) is 59.6 Å². The first kappa shape index (κ1) is 16.9. The van der Waals surface area contributed by atoms with Crippen LogP contribution in [-0.2, 0) is 0 Å². The first-order valence-corrected chi connectivity index (χ1v) is 8.65. The van der Waals surface area contributed by atoms with Crippen molar-refractivity contribution in [1.82, 2.24) is 15.0 Å². The molecule has 0 radical (unpaired) electrons. The van der Waals surface area contributed by atoms with Crippen molar-refractivity contribution < 1.29 is 9.50 Å². The van der Waals surface area contributed by atoms with Crippen molar-refractivity contribution in [1.29, 1.82) is 0 Å². The molecule has 5 nitrogen and oxygen atoms in total. The van der Waals surface area contributed by atoms with E-state index in [1.807, 2.05) is 23.1 Å². The number of anilines is 1. The van der Waals surface area contributed by atoms with Gasteiger partial charge in [0, 0.05) is 41.5 Å². The van der Waals surface area contributed by atoms with Crippen molar-refractivity contribution >= 4 is 17.4 Å². The Morgan fingerprint density at radius 2 is 1.88 bits per heavy atom. The summed E-state index contributed by atoms with van der Waals surface area (Å²) in [5, 5.41) is 10.5. The molecule has 7 heteroatoms. The number of halogens is 2. The third-order valence-corrected chi connectivity index (χ3v) is 4.56. The molecule has 1 atom stereocenters. The highest BCUT2D eigenvalue weighted by Gasteiger charge is 2.23. The molecule has 0 amide bonds. The van der Waals surface area contributed by atoms with E-state index in [0.717, 1.165) is 11.8 Å². The van der Waals surface area contributed by atoms with Gasteiger partial charge in [-0.2, -0.15) is 0 Å². The number of nitrogens with zero attached hydrogens (tertiary/aromatic N) is 4. The Bertz CT molecular complexity index is 935. The predicted molar refractivity (Wildman–Crippen MR) is 98.5 cm³/mol. The van der Waals surface area contributed by atoms with Crippen LogP contribution in [0.5, 0.6) is 0 Å². The van der Waals surface area contributed by atoms with E-state index >= 15 is 0 Å².